The number of phenolic OH excluding ortho intramolecular Hbond substituents is 1. The van der Waals surface area contributed by atoms with Crippen LogP contribution in [-0.2, 0) is 11.2 Å². The highest BCUT2D eigenvalue weighted by Crippen LogP contribution is 2.30. The lowest BCUT2D eigenvalue weighted by Crippen LogP contribution is -2.21. The zero-order valence-electron chi connectivity index (χ0n) is 14.8. The predicted molar refractivity (Wildman–Crippen MR) is 101 cm³/mol. The Balaban J connectivity index is 1.98. The highest BCUT2D eigenvalue weighted by atomic mass is 32.1. The van der Waals surface area contributed by atoms with Crippen LogP contribution in [0.2, 0.25) is 0 Å². The van der Waals surface area contributed by atoms with Gasteiger partial charge in [0.25, 0.3) is 5.91 Å². The van der Waals surface area contributed by atoms with E-state index in [-0.39, 0.29) is 28.0 Å². The first-order chi connectivity index (χ1) is 12.9. The normalized spacial score (nSPS) is 10.7. The number of phenols is 1. The molecule has 3 N–H and O–H groups in total. The van der Waals surface area contributed by atoms with Crippen molar-refractivity contribution in [3.05, 3.63) is 51.9 Å². The molecule has 0 aliphatic rings. The number of esters is 1. The van der Waals surface area contributed by atoms with Gasteiger partial charge in [0.2, 0.25) is 5.55 Å². The van der Waals surface area contributed by atoms with Crippen molar-refractivity contribution in [2.24, 2.45) is 0 Å². The second-order valence-electron chi connectivity index (χ2n) is 5.84. The fourth-order valence-electron chi connectivity index (χ4n) is 2.65. The third kappa shape index (κ3) is 3.70. The molecule has 0 aliphatic carbocycles. The van der Waals surface area contributed by atoms with Gasteiger partial charge in [0.05, 0.1) is 12.7 Å². The number of thiophene rings is 1. The Morgan fingerprint density at radius 3 is 2.78 bits per heavy atom. The van der Waals surface area contributed by atoms with Crippen LogP contribution in [-0.4, -0.2) is 24.1 Å². The quantitative estimate of drug-likeness (QED) is 0.579. The summed E-state index contributed by atoms with van der Waals surface area (Å²) in [5.74, 6) is -1.23. The van der Waals surface area contributed by atoms with E-state index in [0.717, 1.165) is 17.7 Å². The number of benzene rings is 1. The monoisotopic (exact) mass is 386 g/mol. The molecule has 0 saturated carbocycles. The lowest BCUT2D eigenvalue weighted by Gasteiger charge is -2.07. The van der Waals surface area contributed by atoms with E-state index in [1.807, 2.05) is 6.92 Å². The molecule has 2 heterocycles. The maximum atomic E-state index is 12.7. The first-order valence-electron chi connectivity index (χ1n) is 8.27. The standard InChI is InChI=1S/C19H18N2O5S/c1-3-5-11-9-13(19(24)25-2)18(27-11)21-17(23)12-8-10-6-4-7-14(22)15(10)26-16(12)20/h4,6-9,20,22H,3,5H2,1-2H3,(H,21,23). The van der Waals surface area contributed by atoms with Crippen LogP contribution in [0, 0.1) is 5.41 Å². The third-order valence-corrected chi connectivity index (χ3v) is 5.04. The zero-order valence-corrected chi connectivity index (χ0v) is 15.6. The molecule has 0 bridgehead atoms. The van der Waals surface area contributed by atoms with E-state index < -0.39 is 11.9 Å². The molecule has 8 heteroatoms. The van der Waals surface area contributed by atoms with E-state index in [9.17, 15) is 14.7 Å². The van der Waals surface area contributed by atoms with E-state index in [4.69, 9.17) is 14.6 Å². The fraction of sp³-hybridized carbons (Fsp3) is 0.211. The average Bonchev–Trinajstić information content (AvgIpc) is 3.04. The number of aryl methyl sites for hydroxylation is 1. The number of nitrogens with one attached hydrogen (secondary N) is 2. The predicted octanol–water partition coefficient (Wildman–Crippen LogP) is 3.67. The summed E-state index contributed by atoms with van der Waals surface area (Å²) < 4.78 is 10.1. The molecule has 0 radical (unpaired) electrons. The summed E-state index contributed by atoms with van der Waals surface area (Å²) in [7, 11) is 1.28. The van der Waals surface area contributed by atoms with Gasteiger partial charge in [-0.15, -0.1) is 11.3 Å². The van der Waals surface area contributed by atoms with Crippen LogP contribution in [0.4, 0.5) is 5.00 Å². The number of anilines is 1. The smallest absolute Gasteiger partial charge is 0.340 e. The molecule has 0 fully saturated rings. The molecule has 0 atom stereocenters. The molecule has 0 aliphatic heterocycles. The van der Waals surface area contributed by atoms with Gasteiger partial charge < -0.3 is 19.6 Å². The molecule has 140 valence electrons. The van der Waals surface area contributed by atoms with E-state index >= 15 is 0 Å². The SMILES string of the molecule is CCCc1cc(C(=O)OC)c(NC(=O)c2cc3cccc(O)c3oc2=N)s1. The lowest BCUT2D eigenvalue weighted by molar-refractivity contribution is 0.0602. The van der Waals surface area contributed by atoms with Crippen molar-refractivity contribution >= 4 is 39.2 Å². The number of carbonyl (C=O) groups excluding carboxylic acids is 2. The van der Waals surface area contributed by atoms with Crippen molar-refractivity contribution < 1.29 is 23.8 Å². The van der Waals surface area contributed by atoms with E-state index in [0.29, 0.717) is 10.4 Å². The molecular weight excluding hydrogens is 368 g/mol. The van der Waals surface area contributed by atoms with Crippen LogP contribution in [0.1, 0.15) is 38.9 Å². The van der Waals surface area contributed by atoms with Gasteiger partial charge in [-0.1, -0.05) is 25.5 Å². The summed E-state index contributed by atoms with van der Waals surface area (Å²) in [4.78, 5) is 25.6. The van der Waals surface area contributed by atoms with E-state index in [1.165, 1.54) is 30.6 Å². The van der Waals surface area contributed by atoms with Gasteiger partial charge in [-0.3, -0.25) is 10.2 Å². The van der Waals surface area contributed by atoms with Crippen molar-refractivity contribution in [1.29, 1.82) is 5.41 Å². The first kappa shape index (κ1) is 18.7. The summed E-state index contributed by atoms with van der Waals surface area (Å²) in [6, 6.07) is 7.90. The Morgan fingerprint density at radius 2 is 2.07 bits per heavy atom. The maximum absolute atomic E-state index is 12.7. The molecule has 1 aromatic carbocycles. The molecule has 3 rings (SSSR count). The Labute approximate surface area is 158 Å². The summed E-state index contributed by atoms with van der Waals surface area (Å²) in [5, 5.41) is 21.3. The van der Waals surface area contributed by atoms with Gasteiger partial charge >= 0.3 is 5.97 Å². The van der Waals surface area contributed by atoms with Gasteiger partial charge in [0.15, 0.2) is 11.3 Å². The second kappa shape index (κ2) is 7.63. The van der Waals surface area contributed by atoms with Crippen LogP contribution in [0.3, 0.4) is 0 Å². The number of ether oxygens (including phenoxy) is 1. The van der Waals surface area contributed by atoms with Crippen molar-refractivity contribution in [1.82, 2.24) is 0 Å². The molecule has 1 amide bonds. The number of rotatable bonds is 5. The highest BCUT2D eigenvalue weighted by Gasteiger charge is 2.20. The summed E-state index contributed by atoms with van der Waals surface area (Å²) in [6.07, 6.45) is 1.68. The molecule has 2 aromatic heterocycles. The first-order valence-corrected chi connectivity index (χ1v) is 9.09. The van der Waals surface area contributed by atoms with E-state index in [2.05, 4.69) is 5.32 Å². The molecule has 27 heavy (non-hydrogen) atoms. The van der Waals surface area contributed by atoms with Gasteiger partial charge in [-0.25, -0.2) is 4.79 Å². The van der Waals surface area contributed by atoms with Crippen molar-refractivity contribution in [2.75, 3.05) is 12.4 Å². The Kier molecular flexibility index (Phi) is 5.27. The van der Waals surface area contributed by atoms with Crippen LogP contribution in [0.15, 0.2) is 34.7 Å². The largest absolute Gasteiger partial charge is 0.504 e. The Bertz CT molecular complexity index is 1080. The number of carbonyl (C=O) groups is 2. The summed E-state index contributed by atoms with van der Waals surface area (Å²) in [6.45, 7) is 2.02. The van der Waals surface area contributed by atoms with Crippen LogP contribution < -0.4 is 10.9 Å². The number of para-hydroxylation sites is 1. The number of aromatic hydroxyl groups is 1. The van der Waals surface area contributed by atoms with Crippen molar-refractivity contribution in [3.8, 4) is 5.75 Å². The molecular formula is C19H18N2O5S. The average molecular weight is 386 g/mol. The Hall–Kier alpha value is -3.13. The topological polar surface area (TPSA) is 113 Å². The fourth-order valence-corrected chi connectivity index (χ4v) is 3.79. The number of hydrogen-bond acceptors (Lipinski definition) is 7. The van der Waals surface area contributed by atoms with Gasteiger partial charge in [-0.05, 0) is 24.6 Å². The van der Waals surface area contributed by atoms with Crippen molar-refractivity contribution in [3.63, 3.8) is 0 Å². The lowest BCUT2D eigenvalue weighted by atomic mass is 10.1. The molecule has 7 nitrogen and oxygen atoms in total. The minimum absolute atomic E-state index is 0.00522. The molecule has 3 aromatic rings. The summed E-state index contributed by atoms with van der Waals surface area (Å²) >= 11 is 1.30. The van der Waals surface area contributed by atoms with Crippen LogP contribution in [0.5, 0.6) is 5.75 Å². The number of hydrogen-bond donors (Lipinski definition) is 3. The zero-order chi connectivity index (χ0) is 19.6. The molecule has 0 spiro atoms. The molecule has 0 unspecified atom stereocenters. The maximum Gasteiger partial charge on any atom is 0.340 e. The minimum Gasteiger partial charge on any atom is -0.504 e. The number of fused-ring (bicyclic) bond motifs is 1. The van der Waals surface area contributed by atoms with Gasteiger partial charge in [0.1, 0.15) is 10.6 Å². The minimum atomic E-state index is -0.580. The van der Waals surface area contributed by atoms with Gasteiger partial charge in [0, 0.05) is 10.3 Å². The Morgan fingerprint density at radius 1 is 1.30 bits per heavy atom. The highest BCUT2D eigenvalue weighted by molar-refractivity contribution is 7.16. The number of methoxy groups -OCH3 is 1. The van der Waals surface area contributed by atoms with E-state index in [1.54, 1.807) is 18.2 Å². The molecule has 0 saturated heterocycles. The van der Waals surface area contributed by atoms with Gasteiger partial charge in [-0.2, -0.15) is 0 Å². The van der Waals surface area contributed by atoms with Crippen LogP contribution >= 0.6 is 11.3 Å². The summed E-state index contributed by atoms with van der Waals surface area (Å²) in [5.41, 5.74) is 0.0256. The third-order valence-electron chi connectivity index (χ3n) is 3.93. The van der Waals surface area contributed by atoms with Crippen LogP contribution in [0.25, 0.3) is 11.0 Å². The van der Waals surface area contributed by atoms with Crippen molar-refractivity contribution in [2.45, 2.75) is 19.8 Å². The second-order valence-corrected chi connectivity index (χ2v) is 6.97. The number of amides is 1.